The first-order valence-corrected chi connectivity index (χ1v) is 10.9. The summed E-state index contributed by atoms with van der Waals surface area (Å²) in [5.41, 5.74) is 4.14. The molecule has 1 unspecified atom stereocenters. The van der Waals surface area contributed by atoms with Gasteiger partial charge in [-0.1, -0.05) is 6.08 Å². The van der Waals surface area contributed by atoms with E-state index in [0.29, 0.717) is 36.9 Å². The van der Waals surface area contributed by atoms with Crippen molar-refractivity contribution in [3.63, 3.8) is 0 Å². The predicted octanol–water partition coefficient (Wildman–Crippen LogP) is 2.35. The van der Waals surface area contributed by atoms with E-state index in [1.807, 2.05) is 12.3 Å². The minimum absolute atomic E-state index is 0.115. The van der Waals surface area contributed by atoms with E-state index in [-0.39, 0.29) is 11.9 Å². The molecule has 0 radical (unpaired) electrons. The van der Waals surface area contributed by atoms with Crippen LogP contribution in [0, 0.1) is 17.2 Å². The van der Waals surface area contributed by atoms with E-state index in [4.69, 9.17) is 4.98 Å². The van der Waals surface area contributed by atoms with Gasteiger partial charge in [0.05, 0.1) is 6.20 Å². The van der Waals surface area contributed by atoms with E-state index in [1.165, 1.54) is 29.7 Å². The average molecular weight is 400 g/mol. The Morgan fingerprint density at radius 2 is 2.13 bits per heavy atom. The van der Waals surface area contributed by atoms with Crippen molar-refractivity contribution in [1.82, 2.24) is 20.2 Å². The van der Waals surface area contributed by atoms with Gasteiger partial charge in [0.1, 0.15) is 23.5 Å². The highest BCUT2D eigenvalue weighted by Gasteiger charge is 2.41. The molecule has 7 heteroatoms. The van der Waals surface area contributed by atoms with E-state index < -0.39 is 0 Å². The van der Waals surface area contributed by atoms with Gasteiger partial charge < -0.3 is 15.1 Å². The maximum atomic E-state index is 12.9. The lowest BCUT2D eigenvalue weighted by Crippen LogP contribution is -2.43. The quantitative estimate of drug-likeness (QED) is 0.817. The number of allylic oxidation sites excluding steroid dienone is 2. The van der Waals surface area contributed by atoms with Crippen LogP contribution >= 0.6 is 0 Å². The van der Waals surface area contributed by atoms with Gasteiger partial charge in [-0.3, -0.25) is 4.79 Å². The van der Waals surface area contributed by atoms with Gasteiger partial charge in [0, 0.05) is 43.9 Å². The zero-order valence-corrected chi connectivity index (χ0v) is 16.8. The van der Waals surface area contributed by atoms with E-state index in [0.717, 1.165) is 31.0 Å². The molecule has 5 aliphatic rings. The molecule has 0 saturated heterocycles. The molecular formula is C23H24N6O. The fourth-order valence-corrected chi connectivity index (χ4v) is 4.73. The molecule has 1 aromatic rings. The zero-order chi connectivity index (χ0) is 20.2. The van der Waals surface area contributed by atoms with Crippen molar-refractivity contribution in [1.29, 1.82) is 5.26 Å². The molecule has 1 atom stereocenters. The van der Waals surface area contributed by atoms with Crippen LogP contribution in [0.5, 0.6) is 0 Å². The number of carbonyl (C=O) groups is 1. The van der Waals surface area contributed by atoms with Crippen molar-refractivity contribution in [3.8, 4) is 6.07 Å². The Balaban J connectivity index is 1.28. The van der Waals surface area contributed by atoms with Crippen molar-refractivity contribution in [2.24, 2.45) is 5.92 Å². The van der Waals surface area contributed by atoms with Crippen molar-refractivity contribution < 1.29 is 4.79 Å². The number of hydrogen-bond acceptors (Lipinski definition) is 6. The van der Waals surface area contributed by atoms with Gasteiger partial charge in [-0.05, 0) is 48.8 Å². The highest BCUT2D eigenvalue weighted by molar-refractivity contribution is 5.84. The molecule has 2 fully saturated rings. The van der Waals surface area contributed by atoms with Crippen LogP contribution in [0.25, 0.3) is 0 Å². The number of rotatable bonds is 5. The second-order valence-corrected chi connectivity index (χ2v) is 9.01. The Bertz CT molecular complexity index is 1060. The minimum atomic E-state index is -0.184. The number of aromatic nitrogens is 2. The van der Waals surface area contributed by atoms with Crippen LogP contribution in [0.1, 0.15) is 49.4 Å². The molecule has 0 spiro atoms. The van der Waals surface area contributed by atoms with Gasteiger partial charge in [-0.15, -0.1) is 0 Å². The normalized spacial score (nSPS) is 24.5. The monoisotopic (exact) mass is 400 g/mol. The van der Waals surface area contributed by atoms with Gasteiger partial charge in [0.25, 0.3) is 0 Å². The van der Waals surface area contributed by atoms with Crippen LogP contribution in [0.3, 0.4) is 0 Å². The summed E-state index contributed by atoms with van der Waals surface area (Å²) in [5.74, 6) is 2.80. The second-order valence-electron chi connectivity index (χ2n) is 9.01. The summed E-state index contributed by atoms with van der Waals surface area (Å²) in [5, 5.41) is 12.8. The van der Waals surface area contributed by atoms with Crippen LogP contribution in [0.15, 0.2) is 41.4 Å². The molecule has 0 aromatic carbocycles. The fraction of sp³-hybridized carbons (Fsp3) is 0.478. The summed E-state index contributed by atoms with van der Waals surface area (Å²) < 4.78 is 0. The van der Waals surface area contributed by atoms with E-state index >= 15 is 0 Å². The molecule has 1 N–H and O–H groups in total. The summed E-state index contributed by atoms with van der Waals surface area (Å²) in [6.45, 7) is 2.17. The van der Waals surface area contributed by atoms with E-state index in [1.54, 1.807) is 6.20 Å². The second kappa shape index (κ2) is 6.69. The van der Waals surface area contributed by atoms with Crippen molar-refractivity contribution >= 4 is 11.7 Å². The number of hydrogen-bond donors (Lipinski definition) is 1. The maximum Gasteiger partial charge on any atom is 0.243 e. The Morgan fingerprint density at radius 3 is 2.90 bits per heavy atom. The third kappa shape index (κ3) is 2.98. The first kappa shape index (κ1) is 17.7. The third-order valence-corrected chi connectivity index (χ3v) is 6.67. The van der Waals surface area contributed by atoms with E-state index in [2.05, 4.69) is 32.2 Å². The Labute approximate surface area is 175 Å². The number of nitrogens with zero attached hydrogens (tertiary/aromatic N) is 5. The fourth-order valence-electron chi connectivity index (χ4n) is 4.73. The van der Waals surface area contributed by atoms with Crippen molar-refractivity contribution in [2.75, 3.05) is 24.5 Å². The molecule has 2 saturated carbocycles. The number of carbonyl (C=O) groups excluding carboxylic acids is 1. The largest absolute Gasteiger partial charge is 0.354 e. The number of nitrogens with one attached hydrogen (secondary N) is 1. The van der Waals surface area contributed by atoms with Crippen molar-refractivity contribution in [3.05, 3.63) is 52.8 Å². The highest BCUT2D eigenvalue weighted by Crippen LogP contribution is 2.42. The lowest BCUT2D eigenvalue weighted by atomic mass is 9.99. The first-order valence-electron chi connectivity index (χ1n) is 10.9. The number of amides is 1. The Morgan fingerprint density at radius 1 is 1.27 bits per heavy atom. The molecule has 152 valence electrons. The molecule has 2 aliphatic carbocycles. The van der Waals surface area contributed by atoms with Crippen LogP contribution in [0.2, 0.25) is 0 Å². The molecular weight excluding hydrogens is 376 g/mol. The van der Waals surface area contributed by atoms with Gasteiger partial charge in [0.2, 0.25) is 5.91 Å². The molecule has 30 heavy (non-hydrogen) atoms. The SMILES string of the molecule is N#Cc1cnc(C2CC2)nc1N1CC2=CC=CN3C2=C(CC3C(=O)NCC2CC2)C1. The lowest BCUT2D eigenvalue weighted by molar-refractivity contribution is -0.124. The molecule has 4 heterocycles. The van der Waals surface area contributed by atoms with Gasteiger partial charge >= 0.3 is 0 Å². The third-order valence-electron chi connectivity index (χ3n) is 6.67. The summed E-state index contributed by atoms with van der Waals surface area (Å²) in [4.78, 5) is 26.4. The summed E-state index contributed by atoms with van der Waals surface area (Å²) in [7, 11) is 0. The molecule has 0 bridgehead atoms. The molecule has 6 rings (SSSR count). The predicted molar refractivity (Wildman–Crippen MR) is 111 cm³/mol. The summed E-state index contributed by atoms with van der Waals surface area (Å²) in [6.07, 6.45) is 13.3. The summed E-state index contributed by atoms with van der Waals surface area (Å²) in [6, 6.07) is 2.08. The van der Waals surface area contributed by atoms with Gasteiger partial charge in [-0.2, -0.15) is 5.26 Å². The smallest absolute Gasteiger partial charge is 0.243 e. The highest BCUT2D eigenvalue weighted by atomic mass is 16.2. The van der Waals surface area contributed by atoms with E-state index in [9.17, 15) is 10.1 Å². The first-order chi connectivity index (χ1) is 14.7. The average Bonchev–Trinajstić information content (AvgIpc) is 3.70. The maximum absolute atomic E-state index is 12.9. The van der Waals surface area contributed by atoms with Crippen LogP contribution < -0.4 is 10.2 Å². The standard InChI is InChI=1S/C23H24N6O/c24-9-18-11-25-21(15-5-6-15)27-22(18)28-12-16-2-1-7-29-19(8-17(13-28)20(16)29)23(30)26-10-14-3-4-14/h1-2,7,11,14-15,19H,3-6,8,10,12-13H2,(H,26,30). The molecule has 3 aliphatic heterocycles. The van der Waals surface area contributed by atoms with Crippen LogP contribution in [0.4, 0.5) is 5.82 Å². The van der Waals surface area contributed by atoms with Crippen LogP contribution in [-0.2, 0) is 4.79 Å². The zero-order valence-electron chi connectivity index (χ0n) is 16.8. The topological polar surface area (TPSA) is 85.2 Å². The minimum Gasteiger partial charge on any atom is -0.354 e. The molecule has 7 nitrogen and oxygen atoms in total. The number of anilines is 1. The van der Waals surface area contributed by atoms with Gasteiger partial charge in [0.15, 0.2) is 5.82 Å². The lowest BCUT2D eigenvalue weighted by Gasteiger charge is -2.35. The van der Waals surface area contributed by atoms with Crippen LogP contribution in [-0.4, -0.2) is 46.5 Å². The van der Waals surface area contributed by atoms with Gasteiger partial charge in [-0.25, -0.2) is 9.97 Å². The Kier molecular flexibility index (Phi) is 3.95. The van der Waals surface area contributed by atoms with Crippen molar-refractivity contribution in [2.45, 2.75) is 44.1 Å². The molecule has 1 amide bonds. The summed E-state index contributed by atoms with van der Waals surface area (Å²) >= 11 is 0. The Hall–Kier alpha value is -3.14. The number of nitriles is 1. The molecule has 1 aromatic heterocycles.